The number of nitrogens with zero attached hydrogens (tertiary/aromatic N) is 4. The summed E-state index contributed by atoms with van der Waals surface area (Å²) in [5.74, 6) is 0.667. The molecule has 0 atom stereocenters. The lowest BCUT2D eigenvalue weighted by molar-refractivity contribution is 0.665. The molecule has 0 saturated carbocycles. The largest absolute Gasteiger partial charge is 0.277 e. The molecule has 1 aliphatic carbocycles. The van der Waals surface area contributed by atoms with Crippen LogP contribution >= 0.6 is 0 Å². The second-order valence-corrected chi connectivity index (χ2v) is 12.8. The molecule has 0 N–H and O–H groups in total. The molecule has 0 fully saturated rings. The molecule has 46 heavy (non-hydrogen) atoms. The number of pyridine rings is 1. The van der Waals surface area contributed by atoms with E-state index < -0.39 is 0 Å². The van der Waals surface area contributed by atoms with Crippen LogP contribution in [0.1, 0.15) is 25.0 Å². The molecule has 3 aromatic heterocycles. The normalized spacial score (nSPS) is 13.6. The van der Waals surface area contributed by atoms with Crippen molar-refractivity contribution >= 4 is 54.4 Å². The average Bonchev–Trinajstić information content (AvgIpc) is 3.58. The summed E-state index contributed by atoms with van der Waals surface area (Å²) in [6.45, 7) is 4.66. The van der Waals surface area contributed by atoms with Gasteiger partial charge in [0.2, 0.25) is 5.95 Å². The van der Waals surface area contributed by atoms with Crippen LogP contribution in [0, 0.1) is 0 Å². The van der Waals surface area contributed by atoms with Crippen molar-refractivity contribution in [1.29, 1.82) is 0 Å². The molecule has 6 aromatic carbocycles. The first-order chi connectivity index (χ1) is 22.6. The molecule has 10 rings (SSSR count). The van der Waals surface area contributed by atoms with Crippen molar-refractivity contribution in [3.05, 3.63) is 145 Å². The third-order valence-electron chi connectivity index (χ3n) is 9.99. The highest BCUT2D eigenvalue weighted by Crippen LogP contribution is 2.55. The van der Waals surface area contributed by atoms with Crippen LogP contribution in [0.25, 0.3) is 82.7 Å². The number of aromatic nitrogens is 4. The van der Waals surface area contributed by atoms with Gasteiger partial charge in [-0.3, -0.25) is 9.55 Å². The molecule has 4 heteroatoms. The molecule has 4 nitrogen and oxygen atoms in total. The van der Waals surface area contributed by atoms with Gasteiger partial charge in [-0.25, -0.2) is 9.97 Å². The van der Waals surface area contributed by atoms with Crippen LogP contribution in [0.15, 0.2) is 134 Å². The van der Waals surface area contributed by atoms with Gasteiger partial charge in [-0.15, -0.1) is 0 Å². The van der Waals surface area contributed by atoms with Crippen LogP contribution < -0.4 is 0 Å². The molecule has 0 amide bonds. The standard InChI is InChI=1S/C42H28N4/c1-42(2)31-20-10-8-17-28(31)36-37(42)39-30(19-12-24-43-39)34-29-18-9-11-21-33(29)46(40(34)36)41-44-32-23-22-25-13-6-7-16-27(25)35(32)38(45-41)26-14-4-3-5-15-26/h3-24H,1-2H3. The number of hydrogen-bond donors (Lipinski definition) is 0. The molecule has 0 saturated heterocycles. The summed E-state index contributed by atoms with van der Waals surface area (Å²) in [5, 5.41) is 6.91. The molecular weight excluding hydrogens is 560 g/mol. The van der Waals surface area contributed by atoms with Gasteiger partial charge in [0, 0.05) is 44.3 Å². The summed E-state index contributed by atoms with van der Waals surface area (Å²) in [7, 11) is 0. The molecule has 0 spiro atoms. The van der Waals surface area contributed by atoms with Crippen molar-refractivity contribution < 1.29 is 0 Å². The van der Waals surface area contributed by atoms with E-state index in [4.69, 9.17) is 15.0 Å². The molecule has 3 heterocycles. The Kier molecular flexibility index (Phi) is 5.03. The molecule has 216 valence electrons. The third-order valence-corrected chi connectivity index (χ3v) is 9.99. The second kappa shape index (κ2) is 9.09. The van der Waals surface area contributed by atoms with E-state index in [1.54, 1.807) is 0 Å². The van der Waals surface area contributed by atoms with Crippen LogP contribution in [0.4, 0.5) is 0 Å². The highest BCUT2D eigenvalue weighted by molar-refractivity contribution is 6.26. The van der Waals surface area contributed by atoms with E-state index in [1.165, 1.54) is 38.4 Å². The highest BCUT2D eigenvalue weighted by Gasteiger charge is 2.40. The lowest BCUT2D eigenvalue weighted by Crippen LogP contribution is -2.16. The minimum Gasteiger partial charge on any atom is -0.277 e. The summed E-state index contributed by atoms with van der Waals surface area (Å²) >= 11 is 0. The van der Waals surface area contributed by atoms with Gasteiger partial charge in [-0.05, 0) is 45.7 Å². The smallest absolute Gasteiger partial charge is 0.235 e. The minimum absolute atomic E-state index is 0.230. The van der Waals surface area contributed by atoms with E-state index in [0.29, 0.717) is 5.95 Å². The number of hydrogen-bond acceptors (Lipinski definition) is 3. The van der Waals surface area contributed by atoms with Crippen molar-refractivity contribution in [2.45, 2.75) is 19.3 Å². The van der Waals surface area contributed by atoms with Crippen LogP contribution in [0.5, 0.6) is 0 Å². The molecule has 0 radical (unpaired) electrons. The summed E-state index contributed by atoms with van der Waals surface area (Å²) in [6, 6.07) is 45.1. The summed E-state index contributed by atoms with van der Waals surface area (Å²) in [6.07, 6.45) is 1.93. The molecule has 0 bridgehead atoms. The Morgan fingerprint density at radius 2 is 1.35 bits per heavy atom. The maximum atomic E-state index is 5.50. The van der Waals surface area contributed by atoms with Gasteiger partial charge in [0.05, 0.1) is 27.8 Å². The Hall–Kier alpha value is -5.87. The van der Waals surface area contributed by atoms with Crippen molar-refractivity contribution in [2.75, 3.05) is 0 Å². The van der Waals surface area contributed by atoms with Crippen LogP contribution in [0.2, 0.25) is 0 Å². The Bertz CT molecular complexity index is 2720. The Labute approximate surface area is 265 Å². The lowest BCUT2D eigenvalue weighted by Gasteiger charge is -2.23. The molecule has 9 aromatic rings. The highest BCUT2D eigenvalue weighted by atomic mass is 15.2. The van der Waals surface area contributed by atoms with E-state index in [9.17, 15) is 0 Å². The summed E-state index contributed by atoms with van der Waals surface area (Å²) in [4.78, 5) is 15.9. The van der Waals surface area contributed by atoms with Crippen molar-refractivity contribution in [1.82, 2.24) is 19.5 Å². The predicted molar refractivity (Wildman–Crippen MR) is 190 cm³/mol. The first-order valence-corrected chi connectivity index (χ1v) is 15.8. The van der Waals surface area contributed by atoms with Crippen LogP contribution in [-0.2, 0) is 5.41 Å². The van der Waals surface area contributed by atoms with E-state index in [2.05, 4.69) is 146 Å². The zero-order valence-electron chi connectivity index (χ0n) is 25.5. The zero-order valence-corrected chi connectivity index (χ0v) is 25.5. The van der Waals surface area contributed by atoms with Gasteiger partial charge in [0.1, 0.15) is 0 Å². The fraction of sp³-hybridized carbons (Fsp3) is 0.0714. The monoisotopic (exact) mass is 588 g/mol. The van der Waals surface area contributed by atoms with Crippen molar-refractivity contribution in [2.24, 2.45) is 0 Å². The van der Waals surface area contributed by atoms with E-state index in [-0.39, 0.29) is 5.41 Å². The Balaban J connectivity index is 1.45. The topological polar surface area (TPSA) is 43.6 Å². The van der Waals surface area contributed by atoms with Gasteiger partial charge in [-0.2, -0.15) is 0 Å². The quantitative estimate of drug-likeness (QED) is 0.189. The maximum Gasteiger partial charge on any atom is 0.235 e. The maximum absolute atomic E-state index is 5.50. The van der Waals surface area contributed by atoms with Crippen molar-refractivity contribution in [3.8, 4) is 28.3 Å². The molecule has 0 unspecified atom stereocenters. The molecular formula is C42H28N4. The molecule has 0 aliphatic heterocycles. The van der Waals surface area contributed by atoms with E-state index in [1.807, 2.05) is 6.20 Å². The average molecular weight is 589 g/mol. The number of fused-ring (bicyclic) bond motifs is 13. The van der Waals surface area contributed by atoms with Gasteiger partial charge in [0.25, 0.3) is 0 Å². The number of rotatable bonds is 2. The van der Waals surface area contributed by atoms with Gasteiger partial charge in [-0.1, -0.05) is 123 Å². The summed E-state index contributed by atoms with van der Waals surface area (Å²) < 4.78 is 2.31. The second-order valence-electron chi connectivity index (χ2n) is 12.8. The fourth-order valence-corrected chi connectivity index (χ4v) is 8.05. The first-order valence-electron chi connectivity index (χ1n) is 15.8. The van der Waals surface area contributed by atoms with Crippen LogP contribution in [0.3, 0.4) is 0 Å². The molecule has 1 aliphatic rings. The fourth-order valence-electron chi connectivity index (χ4n) is 8.05. The third kappa shape index (κ3) is 3.25. The lowest BCUT2D eigenvalue weighted by atomic mass is 9.81. The predicted octanol–water partition coefficient (Wildman–Crippen LogP) is 10.4. The van der Waals surface area contributed by atoms with Crippen molar-refractivity contribution in [3.63, 3.8) is 0 Å². The summed E-state index contributed by atoms with van der Waals surface area (Å²) in [5.41, 5.74) is 11.0. The zero-order chi connectivity index (χ0) is 30.6. The number of benzene rings is 6. The van der Waals surface area contributed by atoms with Gasteiger partial charge >= 0.3 is 0 Å². The first kappa shape index (κ1) is 25.5. The SMILES string of the molecule is CC1(C)c2ccccc2-c2c1c1ncccc1c1c3ccccc3n(-c3nc(-c4ccccc4)c4c(ccc5ccccc54)n3)c21. The van der Waals surface area contributed by atoms with E-state index in [0.717, 1.165) is 49.5 Å². The van der Waals surface area contributed by atoms with Gasteiger partial charge in [0.15, 0.2) is 0 Å². The van der Waals surface area contributed by atoms with E-state index >= 15 is 0 Å². The van der Waals surface area contributed by atoms with Crippen LogP contribution in [-0.4, -0.2) is 19.5 Å². The Morgan fingerprint density at radius 3 is 2.24 bits per heavy atom. The van der Waals surface area contributed by atoms with Gasteiger partial charge < -0.3 is 0 Å². The minimum atomic E-state index is -0.230. The Morgan fingerprint density at radius 1 is 0.609 bits per heavy atom. The number of para-hydroxylation sites is 1.